The Bertz CT molecular complexity index is 459. The molecule has 0 bridgehead atoms. The first kappa shape index (κ1) is 18.7. The van der Waals surface area contributed by atoms with Gasteiger partial charge in [-0.2, -0.15) is 0 Å². The minimum atomic E-state index is -1.27. The highest BCUT2D eigenvalue weighted by Crippen LogP contribution is 2.43. The maximum Gasteiger partial charge on any atom is 0.372 e. The van der Waals surface area contributed by atoms with Crippen molar-refractivity contribution in [3.05, 3.63) is 23.3 Å². The van der Waals surface area contributed by atoms with Gasteiger partial charge in [0, 0.05) is 5.41 Å². The molecule has 1 fully saturated rings. The van der Waals surface area contributed by atoms with E-state index in [4.69, 9.17) is 5.11 Å². The molecular weight excluding hydrogens is 276 g/mol. The Morgan fingerprint density at radius 3 is 2.23 bits per heavy atom. The Hall–Kier alpha value is -1.38. The van der Waals surface area contributed by atoms with Crippen LogP contribution in [-0.2, 0) is 9.59 Å². The normalized spacial score (nSPS) is 25.6. The van der Waals surface area contributed by atoms with Crippen molar-refractivity contribution in [3.63, 3.8) is 0 Å². The largest absolute Gasteiger partial charge is 0.475 e. The van der Waals surface area contributed by atoms with Crippen LogP contribution in [0.4, 0.5) is 0 Å². The number of rotatable bonds is 7. The third kappa shape index (κ3) is 5.43. The van der Waals surface area contributed by atoms with Crippen LogP contribution in [0.3, 0.4) is 0 Å². The van der Waals surface area contributed by atoms with Gasteiger partial charge >= 0.3 is 5.97 Å². The van der Waals surface area contributed by atoms with E-state index in [0.29, 0.717) is 25.2 Å². The topological polar surface area (TPSA) is 54.4 Å². The molecule has 3 nitrogen and oxygen atoms in total. The van der Waals surface area contributed by atoms with Crippen molar-refractivity contribution in [2.45, 2.75) is 72.6 Å². The summed E-state index contributed by atoms with van der Waals surface area (Å²) in [6.07, 6.45) is 10.2. The summed E-state index contributed by atoms with van der Waals surface area (Å²) in [5.74, 6) is -1.27. The molecule has 1 rings (SSSR count). The standard InChI is InChI=1S/C19H30O3/c1-14(2)6-5-7-15(3)8-11-19(17(20)18(21)22)12-9-16(4)10-13-19/h6,8,16H,5,7,9-13H2,1-4H3,(H,21,22). The van der Waals surface area contributed by atoms with Crippen LogP contribution < -0.4 is 0 Å². The van der Waals surface area contributed by atoms with E-state index in [2.05, 4.69) is 39.8 Å². The fourth-order valence-corrected chi connectivity index (χ4v) is 3.13. The van der Waals surface area contributed by atoms with Crippen LogP contribution in [0.2, 0.25) is 0 Å². The lowest BCUT2D eigenvalue weighted by molar-refractivity contribution is -0.155. The molecule has 0 atom stereocenters. The zero-order valence-corrected chi connectivity index (χ0v) is 14.4. The summed E-state index contributed by atoms with van der Waals surface area (Å²) < 4.78 is 0. The van der Waals surface area contributed by atoms with E-state index < -0.39 is 17.2 Å². The van der Waals surface area contributed by atoms with Crippen LogP contribution in [-0.4, -0.2) is 16.9 Å². The summed E-state index contributed by atoms with van der Waals surface area (Å²) in [6, 6.07) is 0. The lowest BCUT2D eigenvalue weighted by Crippen LogP contribution is -2.39. The lowest BCUT2D eigenvalue weighted by atomic mass is 9.66. The molecule has 0 heterocycles. The molecule has 1 N–H and O–H groups in total. The number of aliphatic carboxylic acids is 1. The molecule has 0 spiro atoms. The molecule has 124 valence electrons. The molecule has 1 saturated carbocycles. The first-order chi connectivity index (χ1) is 10.3. The van der Waals surface area contributed by atoms with Crippen LogP contribution in [0.5, 0.6) is 0 Å². The minimum absolute atomic E-state index is 0.575. The summed E-state index contributed by atoms with van der Waals surface area (Å²) in [4.78, 5) is 23.4. The van der Waals surface area contributed by atoms with Crippen molar-refractivity contribution in [2.24, 2.45) is 11.3 Å². The molecule has 0 aromatic heterocycles. The molecule has 0 aliphatic heterocycles. The molecule has 22 heavy (non-hydrogen) atoms. The average molecular weight is 306 g/mol. The second kappa shape index (κ2) is 8.30. The van der Waals surface area contributed by atoms with Gasteiger partial charge in [0.2, 0.25) is 5.78 Å². The summed E-state index contributed by atoms with van der Waals surface area (Å²) in [5.41, 5.74) is 1.89. The smallest absolute Gasteiger partial charge is 0.372 e. The van der Waals surface area contributed by atoms with Gasteiger partial charge in [0.25, 0.3) is 0 Å². The zero-order valence-electron chi connectivity index (χ0n) is 14.4. The predicted molar refractivity (Wildman–Crippen MR) is 89.7 cm³/mol. The van der Waals surface area contributed by atoms with Gasteiger partial charge in [0.15, 0.2) is 0 Å². The molecule has 0 radical (unpaired) electrons. The predicted octanol–water partition coefficient (Wildman–Crippen LogP) is 4.92. The Balaban J connectivity index is 2.75. The van der Waals surface area contributed by atoms with E-state index in [0.717, 1.165) is 25.7 Å². The fourth-order valence-electron chi connectivity index (χ4n) is 3.13. The highest BCUT2D eigenvalue weighted by Gasteiger charge is 2.43. The monoisotopic (exact) mass is 306 g/mol. The molecule has 0 saturated heterocycles. The Morgan fingerprint density at radius 2 is 1.73 bits per heavy atom. The van der Waals surface area contributed by atoms with Crippen molar-refractivity contribution in [2.75, 3.05) is 0 Å². The highest BCUT2D eigenvalue weighted by atomic mass is 16.4. The Morgan fingerprint density at radius 1 is 1.14 bits per heavy atom. The van der Waals surface area contributed by atoms with Gasteiger partial charge in [-0.15, -0.1) is 0 Å². The van der Waals surface area contributed by atoms with E-state index in [-0.39, 0.29) is 0 Å². The molecule has 1 aliphatic rings. The molecular formula is C19H30O3. The summed E-state index contributed by atoms with van der Waals surface area (Å²) in [5, 5.41) is 9.16. The quantitative estimate of drug-likeness (QED) is 0.536. The van der Waals surface area contributed by atoms with E-state index in [9.17, 15) is 9.59 Å². The van der Waals surface area contributed by atoms with Crippen LogP contribution in [0.1, 0.15) is 72.6 Å². The number of ketones is 1. The lowest BCUT2D eigenvalue weighted by Gasteiger charge is -2.36. The summed E-state index contributed by atoms with van der Waals surface area (Å²) >= 11 is 0. The van der Waals surface area contributed by atoms with Gasteiger partial charge in [-0.05, 0) is 71.6 Å². The molecule has 0 unspecified atom stereocenters. The third-order valence-corrected chi connectivity index (χ3v) is 4.84. The molecule has 0 aromatic rings. The van der Waals surface area contributed by atoms with Crippen LogP contribution in [0, 0.1) is 11.3 Å². The number of carbonyl (C=O) groups is 2. The molecule has 0 aromatic carbocycles. The Kier molecular flexibility index (Phi) is 7.05. The van der Waals surface area contributed by atoms with Gasteiger partial charge in [-0.25, -0.2) is 4.79 Å². The van der Waals surface area contributed by atoms with Crippen LogP contribution >= 0.6 is 0 Å². The second-order valence-electron chi connectivity index (χ2n) is 7.17. The van der Waals surface area contributed by atoms with Gasteiger partial charge in [-0.1, -0.05) is 30.2 Å². The number of hydrogen-bond acceptors (Lipinski definition) is 2. The maximum absolute atomic E-state index is 12.2. The third-order valence-electron chi connectivity index (χ3n) is 4.84. The van der Waals surface area contributed by atoms with Gasteiger partial charge in [0.05, 0.1) is 0 Å². The zero-order chi connectivity index (χ0) is 16.8. The highest BCUT2D eigenvalue weighted by molar-refractivity contribution is 6.34. The van der Waals surface area contributed by atoms with Crippen LogP contribution in [0.25, 0.3) is 0 Å². The minimum Gasteiger partial charge on any atom is -0.475 e. The molecule has 3 heteroatoms. The van der Waals surface area contributed by atoms with Gasteiger partial charge < -0.3 is 5.11 Å². The van der Waals surface area contributed by atoms with Gasteiger partial charge in [0.1, 0.15) is 0 Å². The average Bonchev–Trinajstić information content (AvgIpc) is 2.46. The van der Waals surface area contributed by atoms with Crippen LogP contribution in [0.15, 0.2) is 23.3 Å². The van der Waals surface area contributed by atoms with Gasteiger partial charge in [-0.3, -0.25) is 4.79 Å². The SMILES string of the molecule is CC(C)=CCCC(C)=CCC1(C(=O)C(=O)O)CCC(C)CC1. The van der Waals surface area contributed by atoms with Crippen molar-refractivity contribution in [3.8, 4) is 0 Å². The number of Topliss-reactive ketones (excluding diaryl/α,β-unsaturated/α-hetero) is 1. The second-order valence-corrected chi connectivity index (χ2v) is 7.17. The first-order valence-corrected chi connectivity index (χ1v) is 8.33. The van der Waals surface area contributed by atoms with E-state index in [1.807, 2.05) is 0 Å². The number of carboxylic acids is 1. The fraction of sp³-hybridized carbons (Fsp3) is 0.684. The first-order valence-electron chi connectivity index (χ1n) is 8.33. The number of hydrogen-bond donors (Lipinski definition) is 1. The van der Waals surface area contributed by atoms with Crippen molar-refractivity contribution >= 4 is 11.8 Å². The number of carboxylic acid groups (broad SMARTS) is 1. The Labute approximate surface area is 134 Å². The summed E-state index contributed by atoms with van der Waals surface area (Å²) in [6.45, 7) is 8.42. The molecule has 0 amide bonds. The summed E-state index contributed by atoms with van der Waals surface area (Å²) in [7, 11) is 0. The van der Waals surface area contributed by atoms with E-state index in [1.165, 1.54) is 11.1 Å². The number of carbonyl (C=O) groups excluding carboxylic acids is 1. The maximum atomic E-state index is 12.2. The van der Waals surface area contributed by atoms with Crippen molar-refractivity contribution in [1.82, 2.24) is 0 Å². The number of allylic oxidation sites excluding steroid dienone is 4. The van der Waals surface area contributed by atoms with Crippen molar-refractivity contribution < 1.29 is 14.7 Å². The van der Waals surface area contributed by atoms with Crippen molar-refractivity contribution in [1.29, 1.82) is 0 Å². The molecule has 1 aliphatic carbocycles. The van der Waals surface area contributed by atoms with E-state index >= 15 is 0 Å². The van der Waals surface area contributed by atoms with E-state index in [1.54, 1.807) is 0 Å².